The second-order valence-corrected chi connectivity index (χ2v) is 5.57. The lowest BCUT2D eigenvalue weighted by atomic mass is 10.3. The molecule has 2 heterocycles. The summed E-state index contributed by atoms with van der Waals surface area (Å²) in [6, 6.07) is 0. The zero-order valence-electron chi connectivity index (χ0n) is 10.3. The van der Waals surface area contributed by atoms with Crippen molar-refractivity contribution in [2.45, 2.75) is 37.4 Å². The molecule has 1 saturated heterocycles. The fourth-order valence-corrected chi connectivity index (χ4v) is 2.30. The third-order valence-corrected chi connectivity index (χ3v) is 4.09. The molecule has 96 valence electrons. The Labute approximate surface area is 106 Å². The van der Waals surface area contributed by atoms with E-state index in [-0.39, 0.29) is 6.10 Å². The van der Waals surface area contributed by atoms with Gasteiger partial charge in [-0.1, -0.05) is 19.0 Å². The van der Waals surface area contributed by atoms with Gasteiger partial charge in [-0.05, 0) is 6.42 Å². The topological polar surface area (TPSA) is 60.2 Å². The van der Waals surface area contributed by atoms with Crippen molar-refractivity contribution >= 4 is 11.8 Å². The number of hydrogen-bond donors (Lipinski definition) is 1. The van der Waals surface area contributed by atoms with Gasteiger partial charge in [-0.15, -0.1) is 0 Å². The molecule has 0 amide bonds. The molecule has 2 unspecified atom stereocenters. The van der Waals surface area contributed by atoms with Gasteiger partial charge in [0.25, 0.3) is 5.89 Å². The lowest BCUT2D eigenvalue weighted by molar-refractivity contribution is 0.00755. The second kappa shape index (κ2) is 6.37. The predicted octanol–water partition coefficient (Wildman–Crippen LogP) is 1.76. The minimum absolute atomic E-state index is 0.0846. The molecule has 5 nitrogen and oxygen atoms in total. The van der Waals surface area contributed by atoms with Gasteiger partial charge in [-0.3, -0.25) is 0 Å². The van der Waals surface area contributed by atoms with Crippen LogP contribution in [0.4, 0.5) is 0 Å². The standard InChI is InChI=1S/C11H19N3O2S/c1-3-8(2)17-7-10-13-11(16-14-10)9-6-12-4-5-15-9/h8-9,12H,3-7H2,1-2H3. The summed E-state index contributed by atoms with van der Waals surface area (Å²) >= 11 is 1.85. The first-order chi connectivity index (χ1) is 8.29. The number of hydrogen-bond acceptors (Lipinski definition) is 6. The van der Waals surface area contributed by atoms with E-state index < -0.39 is 0 Å². The summed E-state index contributed by atoms with van der Waals surface area (Å²) < 4.78 is 10.8. The van der Waals surface area contributed by atoms with Crippen molar-refractivity contribution in [1.82, 2.24) is 15.5 Å². The Hall–Kier alpha value is -0.590. The number of ether oxygens (including phenoxy) is 1. The molecule has 6 heteroatoms. The Morgan fingerprint density at radius 3 is 3.18 bits per heavy atom. The van der Waals surface area contributed by atoms with Gasteiger partial charge in [0.1, 0.15) is 6.10 Å². The van der Waals surface area contributed by atoms with Crippen molar-refractivity contribution in [3.63, 3.8) is 0 Å². The maximum Gasteiger partial charge on any atom is 0.257 e. The van der Waals surface area contributed by atoms with Crippen molar-refractivity contribution in [1.29, 1.82) is 0 Å². The first-order valence-corrected chi connectivity index (χ1v) is 7.11. The average molecular weight is 257 g/mol. The third kappa shape index (κ3) is 3.69. The van der Waals surface area contributed by atoms with Gasteiger partial charge in [-0.25, -0.2) is 0 Å². The Bertz CT molecular complexity index is 339. The van der Waals surface area contributed by atoms with Gasteiger partial charge in [0.15, 0.2) is 5.82 Å². The van der Waals surface area contributed by atoms with Crippen LogP contribution in [0.25, 0.3) is 0 Å². The highest BCUT2D eigenvalue weighted by molar-refractivity contribution is 7.99. The van der Waals surface area contributed by atoms with E-state index in [2.05, 4.69) is 29.3 Å². The predicted molar refractivity (Wildman–Crippen MR) is 66.9 cm³/mol. The van der Waals surface area contributed by atoms with Crippen molar-refractivity contribution in [2.75, 3.05) is 19.7 Å². The van der Waals surface area contributed by atoms with Crippen molar-refractivity contribution in [2.24, 2.45) is 0 Å². The molecule has 1 fully saturated rings. The average Bonchev–Trinajstić information content (AvgIpc) is 2.86. The molecule has 0 spiro atoms. The Balaban J connectivity index is 1.86. The van der Waals surface area contributed by atoms with Crippen molar-refractivity contribution in [3.05, 3.63) is 11.7 Å². The highest BCUT2D eigenvalue weighted by atomic mass is 32.2. The Morgan fingerprint density at radius 2 is 2.47 bits per heavy atom. The number of aromatic nitrogens is 2. The number of nitrogens with zero attached hydrogens (tertiary/aromatic N) is 2. The molecule has 1 N–H and O–H groups in total. The third-order valence-electron chi connectivity index (χ3n) is 2.76. The van der Waals surface area contributed by atoms with Crippen LogP contribution in [0.2, 0.25) is 0 Å². The van der Waals surface area contributed by atoms with Crippen LogP contribution in [0.1, 0.15) is 38.1 Å². The van der Waals surface area contributed by atoms with Gasteiger partial charge in [0, 0.05) is 18.3 Å². The van der Waals surface area contributed by atoms with E-state index in [1.165, 1.54) is 0 Å². The maximum atomic E-state index is 5.56. The summed E-state index contributed by atoms with van der Waals surface area (Å²) in [5.74, 6) is 2.16. The van der Waals surface area contributed by atoms with E-state index in [0.717, 1.165) is 31.1 Å². The zero-order chi connectivity index (χ0) is 12.1. The normalized spacial score (nSPS) is 22.6. The molecule has 1 aliphatic heterocycles. The summed E-state index contributed by atoms with van der Waals surface area (Å²) in [6.45, 7) is 6.73. The fraction of sp³-hybridized carbons (Fsp3) is 0.818. The van der Waals surface area contributed by atoms with Crippen molar-refractivity contribution in [3.8, 4) is 0 Å². The summed E-state index contributed by atoms with van der Waals surface area (Å²) in [5, 5.41) is 7.86. The summed E-state index contributed by atoms with van der Waals surface area (Å²) in [5.41, 5.74) is 0. The van der Waals surface area contributed by atoms with Gasteiger partial charge in [-0.2, -0.15) is 16.7 Å². The number of thioether (sulfide) groups is 1. The van der Waals surface area contributed by atoms with E-state index in [1.807, 2.05) is 11.8 Å². The molecule has 1 aromatic rings. The van der Waals surface area contributed by atoms with Crippen LogP contribution in [0.15, 0.2) is 4.52 Å². The van der Waals surface area contributed by atoms with Gasteiger partial charge >= 0.3 is 0 Å². The number of morpholine rings is 1. The molecule has 2 atom stereocenters. The highest BCUT2D eigenvalue weighted by Crippen LogP contribution is 2.21. The van der Waals surface area contributed by atoms with Crippen LogP contribution in [0, 0.1) is 0 Å². The lowest BCUT2D eigenvalue weighted by Gasteiger charge is -2.19. The molecule has 1 aromatic heterocycles. The monoisotopic (exact) mass is 257 g/mol. The molecular weight excluding hydrogens is 238 g/mol. The lowest BCUT2D eigenvalue weighted by Crippen LogP contribution is -2.33. The van der Waals surface area contributed by atoms with Gasteiger partial charge in [0.05, 0.1) is 12.4 Å². The van der Waals surface area contributed by atoms with Gasteiger partial charge < -0.3 is 14.6 Å². The quantitative estimate of drug-likeness (QED) is 0.867. The first kappa shape index (κ1) is 12.9. The maximum absolute atomic E-state index is 5.56. The second-order valence-electron chi connectivity index (χ2n) is 4.14. The first-order valence-electron chi connectivity index (χ1n) is 6.06. The van der Waals surface area contributed by atoms with E-state index in [9.17, 15) is 0 Å². The van der Waals surface area contributed by atoms with Crippen LogP contribution < -0.4 is 5.32 Å². The molecule has 1 aliphatic rings. The summed E-state index contributed by atoms with van der Waals surface area (Å²) in [4.78, 5) is 4.38. The summed E-state index contributed by atoms with van der Waals surface area (Å²) in [7, 11) is 0. The molecule has 0 saturated carbocycles. The molecular formula is C11H19N3O2S. The molecule has 2 rings (SSSR count). The zero-order valence-corrected chi connectivity index (χ0v) is 11.1. The van der Waals surface area contributed by atoms with E-state index in [1.54, 1.807) is 0 Å². The summed E-state index contributed by atoms with van der Waals surface area (Å²) in [6.07, 6.45) is 1.07. The van der Waals surface area contributed by atoms with Crippen molar-refractivity contribution < 1.29 is 9.26 Å². The van der Waals surface area contributed by atoms with Crippen LogP contribution >= 0.6 is 11.8 Å². The minimum Gasteiger partial charge on any atom is -0.366 e. The van der Waals surface area contributed by atoms with E-state index in [0.29, 0.717) is 17.7 Å². The van der Waals surface area contributed by atoms with E-state index in [4.69, 9.17) is 9.26 Å². The highest BCUT2D eigenvalue weighted by Gasteiger charge is 2.22. The minimum atomic E-state index is -0.0846. The smallest absolute Gasteiger partial charge is 0.257 e. The largest absolute Gasteiger partial charge is 0.366 e. The van der Waals surface area contributed by atoms with Crippen LogP contribution in [-0.4, -0.2) is 35.1 Å². The van der Waals surface area contributed by atoms with Crippen LogP contribution in [0.5, 0.6) is 0 Å². The van der Waals surface area contributed by atoms with Crippen LogP contribution in [-0.2, 0) is 10.5 Å². The SMILES string of the molecule is CCC(C)SCc1noc(C2CNCCO2)n1. The Morgan fingerprint density at radius 1 is 1.59 bits per heavy atom. The molecule has 0 aliphatic carbocycles. The fourth-order valence-electron chi connectivity index (χ4n) is 1.52. The number of nitrogens with one attached hydrogen (secondary N) is 1. The molecule has 0 bridgehead atoms. The molecule has 0 aromatic carbocycles. The number of rotatable bonds is 5. The van der Waals surface area contributed by atoms with Gasteiger partial charge in [0.2, 0.25) is 0 Å². The molecule has 0 radical (unpaired) electrons. The molecule has 17 heavy (non-hydrogen) atoms. The van der Waals surface area contributed by atoms with Crippen LogP contribution in [0.3, 0.4) is 0 Å². The Kier molecular flexibility index (Phi) is 4.82. The van der Waals surface area contributed by atoms with E-state index >= 15 is 0 Å².